The average molecular weight is 811 g/mol. The van der Waals surface area contributed by atoms with Gasteiger partial charge in [0.15, 0.2) is 0 Å². The Hall–Kier alpha value is -3.98. The number of fused-ring (bicyclic) bond motifs is 8. The quantitative estimate of drug-likeness (QED) is 0.0592. The molecule has 2 fully saturated rings. The third-order valence-corrected chi connectivity index (χ3v) is 17.1. The van der Waals surface area contributed by atoms with Crippen molar-refractivity contribution in [1.82, 2.24) is 0 Å². The molecule has 3 aromatic rings. The van der Waals surface area contributed by atoms with Gasteiger partial charge in [0.1, 0.15) is 11.5 Å². The number of allylic oxidation sites excluding steroid dienone is 1. The summed E-state index contributed by atoms with van der Waals surface area (Å²) in [6, 6.07) is 17.5. The van der Waals surface area contributed by atoms with Gasteiger partial charge in [-0.2, -0.15) is 0 Å². The van der Waals surface area contributed by atoms with Gasteiger partial charge >= 0.3 is 11.9 Å². The molecule has 0 radical (unpaired) electrons. The number of esters is 2. The monoisotopic (exact) mass is 810 g/mol. The zero-order valence-corrected chi connectivity index (χ0v) is 35.8. The summed E-state index contributed by atoms with van der Waals surface area (Å²) in [5.74, 6) is 1.47. The molecule has 0 aromatic heterocycles. The molecule has 0 amide bonds. The van der Waals surface area contributed by atoms with E-state index in [9.17, 15) is 14.9 Å². The molecule has 8 heteroatoms. The van der Waals surface area contributed by atoms with E-state index in [0.29, 0.717) is 37.4 Å². The molecule has 1 aliphatic heterocycles. The van der Waals surface area contributed by atoms with Crippen molar-refractivity contribution in [1.29, 1.82) is 5.26 Å². The Bertz CT molecular complexity index is 2250. The van der Waals surface area contributed by atoms with E-state index in [0.717, 1.165) is 62.5 Å². The summed E-state index contributed by atoms with van der Waals surface area (Å²) in [7, 11) is 0. The molecule has 58 heavy (non-hydrogen) atoms. The lowest BCUT2D eigenvalue weighted by Crippen LogP contribution is -2.52. The fourth-order valence-corrected chi connectivity index (χ4v) is 14.2. The van der Waals surface area contributed by atoms with E-state index >= 15 is 0 Å². The number of ether oxygens (including phenoxy) is 2. The second kappa shape index (κ2) is 16.2. The number of hydrogen-bond acceptors (Lipinski definition) is 7. The highest BCUT2D eigenvalue weighted by molar-refractivity contribution is 8.24. The van der Waals surface area contributed by atoms with Crippen molar-refractivity contribution in [2.24, 2.45) is 23.7 Å². The Morgan fingerprint density at radius 1 is 0.759 bits per heavy atom. The van der Waals surface area contributed by atoms with E-state index in [1.807, 2.05) is 0 Å². The second-order valence-electron chi connectivity index (χ2n) is 17.9. The van der Waals surface area contributed by atoms with Crippen molar-refractivity contribution in [3.63, 3.8) is 0 Å². The van der Waals surface area contributed by atoms with Gasteiger partial charge in [-0.25, -0.2) is 10.1 Å². The van der Waals surface area contributed by atoms with Crippen LogP contribution in [0, 0.1) is 48.5 Å². The third kappa shape index (κ3) is 6.35. The minimum atomic E-state index is -0.352. The predicted molar refractivity (Wildman–Crippen MR) is 230 cm³/mol. The van der Waals surface area contributed by atoms with Crippen molar-refractivity contribution in [3.05, 3.63) is 103 Å². The van der Waals surface area contributed by atoms with Crippen LogP contribution in [0.1, 0.15) is 167 Å². The van der Waals surface area contributed by atoms with Gasteiger partial charge in [-0.1, -0.05) is 137 Å². The van der Waals surface area contributed by atoms with Gasteiger partial charge in [0.2, 0.25) is 0 Å². The van der Waals surface area contributed by atoms with Crippen molar-refractivity contribution in [2.75, 3.05) is 0 Å². The summed E-state index contributed by atoms with van der Waals surface area (Å²) in [6.45, 7) is 14.5. The van der Waals surface area contributed by atoms with Gasteiger partial charge in [0, 0.05) is 28.4 Å². The van der Waals surface area contributed by atoms with Gasteiger partial charge in [-0.3, -0.25) is 9.59 Å². The molecule has 1 heterocycles. The number of rotatable bonds is 12. The molecule has 6 nitrogen and oxygen atoms in total. The number of hydrogen-bond donors (Lipinski definition) is 0. The van der Waals surface area contributed by atoms with Gasteiger partial charge in [0.05, 0.1) is 38.5 Å². The smallest absolute Gasteiger partial charge is 0.314 e. The van der Waals surface area contributed by atoms with Crippen LogP contribution in [0.25, 0.3) is 4.85 Å². The fraction of sp³-hybridized carbons (Fsp3) is 0.520. The number of unbranched alkanes of at least 4 members (excludes halogenated alkanes) is 4. The summed E-state index contributed by atoms with van der Waals surface area (Å²) in [5.41, 5.74) is 7.72. The minimum Gasteiger partial charge on any atom is -0.425 e. The molecule has 1 spiro atoms. The highest BCUT2D eigenvalue weighted by Crippen LogP contribution is 2.81. The first-order valence-corrected chi connectivity index (χ1v) is 23.7. The highest BCUT2D eigenvalue weighted by atomic mass is 32.2. The molecule has 0 bridgehead atoms. The number of aryl methyl sites for hydroxylation is 1. The molecular formula is C50H54N2O4S2. The van der Waals surface area contributed by atoms with E-state index in [-0.39, 0.29) is 46.7 Å². The topological polar surface area (TPSA) is 80.8 Å². The Labute approximate surface area is 352 Å². The van der Waals surface area contributed by atoms with E-state index in [4.69, 9.17) is 16.0 Å². The van der Waals surface area contributed by atoms with Crippen LogP contribution in [-0.4, -0.2) is 11.9 Å². The number of carbonyl (C=O) groups excluding carboxylic acids is 2. The van der Waals surface area contributed by atoms with Crippen LogP contribution < -0.4 is 9.47 Å². The number of thioether (sulfide) groups is 2. The molecule has 0 saturated heterocycles. The van der Waals surface area contributed by atoms with E-state index in [1.165, 1.54) is 103 Å². The fourth-order valence-electron chi connectivity index (χ4n) is 11.6. The van der Waals surface area contributed by atoms with Crippen LogP contribution in [0.15, 0.2) is 62.2 Å². The Balaban J connectivity index is 1.15. The molecule has 2 saturated carbocycles. The SMILES string of the molecule is [C-]#[N+]/C(C#N)=C1/Sc2c(OC(=O)C3CCC(CCCCC)CC3)c3c(c(OC(=O)C4CCC(CCCCC)CC4)c2S1)[C@@H]1c2ccccc2[C@@]12c1ccc(C)cc1[C@H]32. The second-order valence-corrected chi connectivity index (χ2v) is 20.2. The van der Waals surface area contributed by atoms with Gasteiger partial charge in [0.25, 0.3) is 5.70 Å². The first-order chi connectivity index (χ1) is 28.3. The number of nitrogens with zero attached hydrogens (tertiary/aromatic N) is 2. The van der Waals surface area contributed by atoms with E-state index in [1.54, 1.807) is 0 Å². The zero-order valence-electron chi connectivity index (χ0n) is 34.2. The summed E-state index contributed by atoms with van der Waals surface area (Å²) >= 11 is 2.65. The maximum Gasteiger partial charge on any atom is 0.314 e. The van der Waals surface area contributed by atoms with Crippen molar-refractivity contribution >= 4 is 35.5 Å². The molecule has 3 aromatic carbocycles. The average Bonchev–Trinajstić information content (AvgIpc) is 3.76. The Morgan fingerprint density at radius 2 is 1.28 bits per heavy atom. The van der Waals surface area contributed by atoms with E-state index < -0.39 is 0 Å². The summed E-state index contributed by atoms with van der Waals surface area (Å²) in [5, 5.41) is 10.1. The number of carbonyl (C=O) groups is 2. The van der Waals surface area contributed by atoms with Crippen LogP contribution in [0.5, 0.6) is 11.5 Å². The lowest BCUT2D eigenvalue weighted by atomic mass is 9.43. The maximum absolute atomic E-state index is 14.5. The molecule has 6 aliphatic rings. The maximum atomic E-state index is 14.5. The van der Waals surface area contributed by atoms with Gasteiger partial charge in [-0.15, -0.1) is 0 Å². The molecule has 3 atom stereocenters. The van der Waals surface area contributed by atoms with Crippen molar-refractivity contribution in [2.45, 2.75) is 151 Å². The number of nitriles is 1. The third-order valence-electron chi connectivity index (χ3n) is 14.6. The first kappa shape index (κ1) is 39.5. The summed E-state index contributed by atoms with van der Waals surface area (Å²) in [6.07, 6.45) is 17.4. The highest BCUT2D eigenvalue weighted by Gasteiger charge is 2.71. The molecule has 5 aliphatic carbocycles. The lowest BCUT2D eigenvalue weighted by molar-refractivity contribution is -0.141. The van der Waals surface area contributed by atoms with Crippen LogP contribution in [0.4, 0.5) is 0 Å². The van der Waals surface area contributed by atoms with Crippen molar-refractivity contribution < 1.29 is 19.1 Å². The largest absolute Gasteiger partial charge is 0.425 e. The van der Waals surface area contributed by atoms with Crippen LogP contribution in [0.3, 0.4) is 0 Å². The Morgan fingerprint density at radius 3 is 1.79 bits per heavy atom. The minimum absolute atomic E-state index is 0.00310. The summed E-state index contributed by atoms with van der Waals surface area (Å²) in [4.78, 5) is 34.0. The normalized spacial score (nSPS) is 27.8. The van der Waals surface area contributed by atoms with E-state index in [2.05, 4.69) is 74.2 Å². The lowest BCUT2D eigenvalue weighted by Gasteiger charge is -2.58. The van der Waals surface area contributed by atoms with Crippen LogP contribution >= 0.6 is 23.5 Å². The van der Waals surface area contributed by atoms with Crippen LogP contribution in [-0.2, 0) is 15.0 Å². The van der Waals surface area contributed by atoms with Crippen LogP contribution in [0.2, 0.25) is 0 Å². The summed E-state index contributed by atoms with van der Waals surface area (Å²) < 4.78 is 14.2. The molecular weight excluding hydrogens is 757 g/mol. The first-order valence-electron chi connectivity index (χ1n) is 22.1. The van der Waals surface area contributed by atoms with Gasteiger partial charge in [-0.05, 0) is 92.4 Å². The van der Waals surface area contributed by atoms with Gasteiger partial charge < -0.3 is 9.47 Å². The Kier molecular flexibility index (Phi) is 11.0. The molecule has 9 rings (SSSR count). The predicted octanol–water partition coefficient (Wildman–Crippen LogP) is 13.3. The standard InChI is InChI=1S/C50H54N2O4S2/c1-5-7-9-13-30-18-22-32(23-19-30)47(53)55-43-39-40(42-35-27-29(3)17-26-37(35)50(42)36-16-12-11-15-34(36)41(39)50)44(46-45(43)57-49(58-46)38(28-51)52-4)56-48(54)33-24-20-31(21-25-33)14-10-8-6-2/h11-12,15-17,26-27,30-33,41-42H,5-10,13-14,18-25H2,1-3H3/b49-38+/t30?,31?,32?,33?,41-,42+,50+/m0/s1. The molecule has 0 unspecified atom stereocenters. The number of benzene rings is 3. The molecule has 0 N–H and O–H groups in total. The van der Waals surface area contributed by atoms with Crippen molar-refractivity contribution in [3.8, 4) is 17.6 Å². The zero-order chi connectivity index (χ0) is 40.1. The molecule has 300 valence electrons.